The number of ether oxygens (including phenoxy) is 3. The van der Waals surface area contributed by atoms with Crippen molar-refractivity contribution in [3.05, 3.63) is 59.2 Å². The number of rotatable bonds is 7. The van der Waals surface area contributed by atoms with Gasteiger partial charge in [-0.15, -0.1) is 0 Å². The van der Waals surface area contributed by atoms with Crippen molar-refractivity contribution in [1.29, 1.82) is 0 Å². The lowest BCUT2D eigenvalue weighted by Gasteiger charge is -2.26. The molecule has 7 nitrogen and oxygen atoms in total. The van der Waals surface area contributed by atoms with Crippen LogP contribution in [0.1, 0.15) is 54.0 Å². The van der Waals surface area contributed by atoms with Crippen molar-refractivity contribution in [2.24, 2.45) is 11.1 Å². The first-order valence-corrected chi connectivity index (χ1v) is 9.45. The molecular weight excluding hydrogens is 386 g/mol. The molecule has 0 saturated heterocycles. The normalized spacial score (nSPS) is 12.1. The number of carbonyl (C=O) groups excluding carboxylic acids is 3. The smallest absolute Gasteiger partial charge is 0.343 e. The van der Waals surface area contributed by atoms with E-state index in [1.165, 1.54) is 26.2 Å². The fourth-order valence-corrected chi connectivity index (χ4v) is 2.58. The first-order valence-electron chi connectivity index (χ1n) is 9.45. The predicted octanol–water partition coefficient (Wildman–Crippen LogP) is 3.53. The minimum atomic E-state index is -0.716. The molecule has 2 aromatic carbocycles. The largest absolute Gasteiger partial charge is 0.497 e. The molecule has 0 aliphatic rings. The summed E-state index contributed by atoms with van der Waals surface area (Å²) in [7, 11) is 1.53. The third-order valence-electron chi connectivity index (χ3n) is 4.52. The molecule has 0 aliphatic heterocycles. The highest BCUT2D eigenvalue weighted by molar-refractivity contribution is 6.01. The van der Waals surface area contributed by atoms with Crippen LogP contribution in [0.5, 0.6) is 11.5 Å². The number of esters is 2. The summed E-state index contributed by atoms with van der Waals surface area (Å²) >= 11 is 0. The lowest BCUT2D eigenvalue weighted by molar-refractivity contribution is -0.142. The molecular formula is C23H27NO6. The Morgan fingerprint density at radius 1 is 1.00 bits per heavy atom. The van der Waals surface area contributed by atoms with Crippen molar-refractivity contribution in [3.8, 4) is 11.5 Å². The quantitative estimate of drug-likeness (QED) is 0.420. The summed E-state index contributed by atoms with van der Waals surface area (Å²) in [6.07, 6.45) is 0. The van der Waals surface area contributed by atoms with E-state index in [0.717, 1.165) is 0 Å². The Kier molecular flexibility index (Phi) is 7.34. The third-order valence-corrected chi connectivity index (χ3v) is 4.52. The fraction of sp³-hybridized carbons (Fsp3) is 0.348. The molecule has 0 saturated carbocycles. The number of ketones is 1. The first-order chi connectivity index (χ1) is 14.0. The summed E-state index contributed by atoms with van der Waals surface area (Å²) in [5.74, 6) is -0.532. The average molecular weight is 413 g/mol. The zero-order chi connectivity index (χ0) is 22.5. The van der Waals surface area contributed by atoms with E-state index < -0.39 is 23.4 Å². The van der Waals surface area contributed by atoms with Crippen LogP contribution in [-0.4, -0.2) is 30.9 Å². The Balaban J connectivity index is 2.31. The van der Waals surface area contributed by atoms with E-state index in [4.69, 9.17) is 19.9 Å². The second-order valence-corrected chi connectivity index (χ2v) is 7.93. The van der Waals surface area contributed by atoms with Gasteiger partial charge in [-0.2, -0.15) is 0 Å². The van der Waals surface area contributed by atoms with Crippen LogP contribution in [0.15, 0.2) is 42.5 Å². The predicted molar refractivity (Wildman–Crippen MR) is 112 cm³/mol. The van der Waals surface area contributed by atoms with E-state index in [2.05, 4.69) is 0 Å². The van der Waals surface area contributed by atoms with Gasteiger partial charge in [0.15, 0.2) is 5.78 Å². The molecule has 2 N–H and O–H groups in total. The summed E-state index contributed by atoms with van der Waals surface area (Å²) < 4.78 is 15.6. The maximum atomic E-state index is 12.7. The van der Waals surface area contributed by atoms with E-state index >= 15 is 0 Å². The van der Waals surface area contributed by atoms with Crippen LogP contribution in [0.4, 0.5) is 0 Å². The van der Waals surface area contributed by atoms with Gasteiger partial charge in [0.2, 0.25) is 0 Å². The van der Waals surface area contributed by atoms with Crippen LogP contribution in [0, 0.1) is 5.41 Å². The second kappa shape index (κ2) is 9.54. The molecule has 0 aliphatic carbocycles. The topological polar surface area (TPSA) is 105 Å². The molecule has 0 radical (unpaired) electrons. The molecule has 2 aromatic rings. The van der Waals surface area contributed by atoms with Crippen LogP contribution in [-0.2, 0) is 16.1 Å². The van der Waals surface area contributed by atoms with Gasteiger partial charge in [0.05, 0.1) is 18.7 Å². The first kappa shape index (κ1) is 23.1. The van der Waals surface area contributed by atoms with Gasteiger partial charge in [0.25, 0.3) is 0 Å². The monoisotopic (exact) mass is 413 g/mol. The molecule has 0 bridgehead atoms. The number of Topliss-reactive ketones (excluding diaryl/α,β-unsaturated/α-hetero) is 1. The van der Waals surface area contributed by atoms with E-state index in [9.17, 15) is 14.4 Å². The van der Waals surface area contributed by atoms with Gasteiger partial charge in [-0.3, -0.25) is 9.59 Å². The van der Waals surface area contributed by atoms with Gasteiger partial charge >= 0.3 is 11.9 Å². The zero-order valence-electron chi connectivity index (χ0n) is 17.9. The molecule has 1 atom stereocenters. The van der Waals surface area contributed by atoms with Crippen molar-refractivity contribution >= 4 is 17.7 Å². The van der Waals surface area contributed by atoms with Crippen LogP contribution in [0.25, 0.3) is 0 Å². The number of hydrogen-bond acceptors (Lipinski definition) is 7. The minimum Gasteiger partial charge on any atom is -0.497 e. The van der Waals surface area contributed by atoms with Crippen LogP contribution in [0.3, 0.4) is 0 Å². The van der Waals surface area contributed by atoms with Gasteiger partial charge in [-0.1, -0.05) is 20.8 Å². The van der Waals surface area contributed by atoms with Crippen molar-refractivity contribution in [1.82, 2.24) is 0 Å². The van der Waals surface area contributed by atoms with Crippen molar-refractivity contribution < 1.29 is 28.6 Å². The molecule has 0 amide bonds. The molecule has 0 fully saturated rings. The summed E-state index contributed by atoms with van der Waals surface area (Å²) in [6.45, 7) is 6.75. The van der Waals surface area contributed by atoms with Crippen LogP contribution < -0.4 is 15.2 Å². The summed E-state index contributed by atoms with van der Waals surface area (Å²) in [6, 6.07) is 10.3. The molecule has 0 spiro atoms. The van der Waals surface area contributed by atoms with Gasteiger partial charge in [0.1, 0.15) is 18.1 Å². The number of hydrogen-bond donors (Lipinski definition) is 1. The van der Waals surface area contributed by atoms with Gasteiger partial charge in [-0.25, -0.2) is 4.79 Å². The maximum absolute atomic E-state index is 12.7. The van der Waals surface area contributed by atoms with E-state index in [0.29, 0.717) is 22.4 Å². The SMILES string of the molecule is COc1ccc(C(=O)Oc2ccc(C(=O)C(N)C(C)(C)C)cc2COC(C)=O)cc1. The fourth-order valence-electron chi connectivity index (χ4n) is 2.58. The number of methoxy groups -OCH3 is 1. The molecule has 0 aromatic heterocycles. The highest BCUT2D eigenvalue weighted by Crippen LogP contribution is 2.26. The van der Waals surface area contributed by atoms with E-state index in [1.807, 2.05) is 20.8 Å². The Labute approximate surface area is 176 Å². The molecule has 1 unspecified atom stereocenters. The van der Waals surface area contributed by atoms with Crippen molar-refractivity contribution in [3.63, 3.8) is 0 Å². The summed E-state index contributed by atoms with van der Waals surface area (Å²) in [5.41, 5.74) is 6.72. The minimum absolute atomic E-state index is 0.146. The summed E-state index contributed by atoms with van der Waals surface area (Å²) in [4.78, 5) is 36.5. The lowest BCUT2D eigenvalue weighted by Crippen LogP contribution is -2.42. The zero-order valence-corrected chi connectivity index (χ0v) is 17.9. The molecule has 7 heteroatoms. The summed E-state index contributed by atoms with van der Waals surface area (Å²) in [5, 5.41) is 0. The van der Waals surface area contributed by atoms with Gasteiger partial charge in [-0.05, 0) is 47.9 Å². The Morgan fingerprint density at radius 3 is 2.13 bits per heavy atom. The van der Waals surface area contributed by atoms with Crippen LogP contribution in [0.2, 0.25) is 0 Å². The Bertz CT molecular complexity index is 928. The molecule has 0 heterocycles. The second-order valence-electron chi connectivity index (χ2n) is 7.93. The average Bonchev–Trinajstić information content (AvgIpc) is 2.71. The number of benzene rings is 2. The number of nitrogens with two attached hydrogens (primary N) is 1. The van der Waals surface area contributed by atoms with Gasteiger partial charge < -0.3 is 19.9 Å². The van der Waals surface area contributed by atoms with Gasteiger partial charge in [0, 0.05) is 18.1 Å². The highest BCUT2D eigenvalue weighted by Gasteiger charge is 2.29. The molecule has 2 rings (SSSR count). The molecule has 160 valence electrons. The van der Waals surface area contributed by atoms with Crippen LogP contribution >= 0.6 is 0 Å². The standard InChI is InChI=1S/C23H27NO6/c1-14(25)29-13-17-12-16(20(26)21(24)23(2,3)4)8-11-19(17)30-22(27)15-6-9-18(28-5)10-7-15/h6-12,21H,13,24H2,1-5H3. The van der Waals surface area contributed by atoms with Crippen molar-refractivity contribution in [2.75, 3.05) is 7.11 Å². The Hall–Kier alpha value is -3.19. The lowest BCUT2D eigenvalue weighted by atomic mass is 9.82. The van der Waals surface area contributed by atoms with E-state index in [1.54, 1.807) is 30.3 Å². The number of carbonyl (C=O) groups is 3. The third kappa shape index (κ3) is 5.90. The maximum Gasteiger partial charge on any atom is 0.343 e. The highest BCUT2D eigenvalue weighted by atomic mass is 16.5. The Morgan fingerprint density at radius 2 is 1.60 bits per heavy atom. The van der Waals surface area contributed by atoms with Crippen molar-refractivity contribution in [2.45, 2.75) is 40.3 Å². The molecule has 30 heavy (non-hydrogen) atoms. The van der Waals surface area contributed by atoms with E-state index in [-0.39, 0.29) is 18.1 Å².